The standard InChI is InChI=1S/C16H12B2/c1-12(14-6-10-16(18)11-7-14)2-3-13-4-8-15(17)9-5-13/h2-11H,1H2/b3-2+. The summed E-state index contributed by atoms with van der Waals surface area (Å²) < 4.78 is 0. The molecule has 0 saturated heterocycles. The van der Waals surface area contributed by atoms with Crippen molar-refractivity contribution in [1.29, 1.82) is 0 Å². The van der Waals surface area contributed by atoms with Crippen molar-refractivity contribution in [1.82, 2.24) is 0 Å². The van der Waals surface area contributed by atoms with Crippen molar-refractivity contribution in [3.8, 4) is 0 Å². The van der Waals surface area contributed by atoms with E-state index < -0.39 is 0 Å². The molecule has 0 spiro atoms. The van der Waals surface area contributed by atoms with Crippen LogP contribution in [0.5, 0.6) is 0 Å². The Balaban J connectivity index is 2.11. The van der Waals surface area contributed by atoms with Crippen molar-refractivity contribution in [2.45, 2.75) is 0 Å². The SMILES string of the molecule is [B]c1ccc(/C=C/C(=C)c2ccc([B])cc2)cc1. The van der Waals surface area contributed by atoms with Gasteiger partial charge in [0.1, 0.15) is 15.7 Å². The van der Waals surface area contributed by atoms with Gasteiger partial charge in [0.15, 0.2) is 0 Å². The van der Waals surface area contributed by atoms with E-state index in [1.807, 2.05) is 60.7 Å². The van der Waals surface area contributed by atoms with Gasteiger partial charge in [-0.3, -0.25) is 0 Å². The molecule has 0 saturated carbocycles. The molecule has 0 unspecified atom stereocenters. The Morgan fingerprint density at radius 3 is 1.89 bits per heavy atom. The molecule has 0 bridgehead atoms. The summed E-state index contributed by atoms with van der Waals surface area (Å²) in [5.74, 6) is 0. The zero-order valence-electron chi connectivity index (χ0n) is 10.1. The lowest BCUT2D eigenvalue weighted by Gasteiger charge is -2.01. The first-order valence-corrected chi connectivity index (χ1v) is 5.73. The fourth-order valence-corrected chi connectivity index (χ4v) is 1.60. The highest BCUT2D eigenvalue weighted by Gasteiger charge is 1.94. The zero-order valence-corrected chi connectivity index (χ0v) is 10.1. The quantitative estimate of drug-likeness (QED) is 0.554. The zero-order chi connectivity index (χ0) is 13.0. The first-order chi connectivity index (χ1) is 8.65. The lowest BCUT2D eigenvalue weighted by Crippen LogP contribution is -1.99. The molecule has 2 aromatic rings. The summed E-state index contributed by atoms with van der Waals surface area (Å²) in [6.45, 7) is 4.03. The van der Waals surface area contributed by atoms with Crippen LogP contribution in [0.4, 0.5) is 0 Å². The Labute approximate surface area is 111 Å². The fraction of sp³-hybridized carbons (Fsp3) is 0. The second kappa shape index (κ2) is 5.59. The Morgan fingerprint density at radius 1 is 0.833 bits per heavy atom. The summed E-state index contributed by atoms with van der Waals surface area (Å²) in [4.78, 5) is 0. The molecule has 0 N–H and O–H groups in total. The number of rotatable bonds is 3. The predicted octanol–water partition coefficient (Wildman–Crippen LogP) is 2.00. The van der Waals surface area contributed by atoms with Crippen LogP contribution in [0.1, 0.15) is 11.1 Å². The monoisotopic (exact) mass is 226 g/mol. The highest BCUT2D eigenvalue weighted by Crippen LogP contribution is 2.14. The molecule has 2 heteroatoms. The van der Waals surface area contributed by atoms with Gasteiger partial charge in [0.25, 0.3) is 0 Å². The maximum absolute atomic E-state index is 5.65. The molecule has 0 aliphatic rings. The Morgan fingerprint density at radius 2 is 1.33 bits per heavy atom. The normalized spacial score (nSPS) is 10.7. The summed E-state index contributed by atoms with van der Waals surface area (Å²) in [7, 11) is 11.3. The summed E-state index contributed by atoms with van der Waals surface area (Å²) in [6, 6.07) is 15.4. The first-order valence-electron chi connectivity index (χ1n) is 5.73. The van der Waals surface area contributed by atoms with Crippen molar-refractivity contribution in [3.05, 3.63) is 72.3 Å². The highest BCUT2D eigenvalue weighted by molar-refractivity contribution is 6.32. The van der Waals surface area contributed by atoms with Crippen molar-refractivity contribution < 1.29 is 0 Å². The maximum Gasteiger partial charge on any atom is 0.113 e. The number of hydrogen-bond acceptors (Lipinski definition) is 0. The molecule has 0 fully saturated rings. The predicted molar refractivity (Wildman–Crippen MR) is 81.7 cm³/mol. The third-order valence-electron chi connectivity index (χ3n) is 2.69. The molecular formula is C16H12B2. The topological polar surface area (TPSA) is 0 Å². The first kappa shape index (κ1) is 12.5. The largest absolute Gasteiger partial charge is 0.113 e. The lowest BCUT2D eigenvalue weighted by atomic mass is 9.93. The summed E-state index contributed by atoms with van der Waals surface area (Å²) in [5, 5.41) is 0. The third-order valence-corrected chi connectivity index (χ3v) is 2.69. The van der Waals surface area contributed by atoms with Crippen LogP contribution >= 0.6 is 0 Å². The van der Waals surface area contributed by atoms with E-state index in [0.29, 0.717) is 0 Å². The molecule has 0 aliphatic carbocycles. The van der Waals surface area contributed by atoms with E-state index in [1.165, 1.54) is 0 Å². The van der Waals surface area contributed by atoms with Gasteiger partial charge in [-0.25, -0.2) is 0 Å². The molecule has 18 heavy (non-hydrogen) atoms. The van der Waals surface area contributed by atoms with Crippen LogP contribution < -0.4 is 10.9 Å². The average Bonchev–Trinajstić information content (AvgIpc) is 2.38. The van der Waals surface area contributed by atoms with Gasteiger partial charge in [-0.05, 0) is 16.7 Å². The number of hydrogen-bond donors (Lipinski definition) is 0. The number of benzene rings is 2. The smallest absolute Gasteiger partial charge is 0.0966 e. The van der Waals surface area contributed by atoms with Gasteiger partial charge in [-0.2, -0.15) is 0 Å². The van der Waals surface area contributed by atoms with Crippen molar-refractivity contribution in [2.24, 2.45) is 0 Å². The fourth-order valence-electron chi connectivity index (χ4n) is 1.60. The van der Waals surface area contributed by atoms with Gasteiger partial charge >= 0.3 is 0 Å². The molecule has 2 rings (SSSR count). The van der Waals surface area contributed by atoms with Crippen LogP contribution in [0, 0.1) is 0 Å². The van der Waals surface area contributed by atoms with E-state index in [2.05, 4.69) is 6.58 Å². The molecule has 82 valence electrons. The molecule has 0 atom stereocenters. The van der Waals surface area contributed by atoms with Crippen molar-refractivity contribution in [2.75, 3.05) is 0 Å². The van der Waals surface area contributed by atoms with Gasteiger partial charge in [0.05, 0.1) is 0 Å². The molecule has 0 amide bonds. The Kier molecular flexibility index (Phi) is 3.88. The molecule has 0 heterocycles. The minimum Gasteiger partial charge on any atom is -0.0966 e. The molecule has 0 aromatic heterocycles. The second-order valence-electron chi connectivity index (χ2n) is 4.15. The number of allylic oxidation sites excluding steroid dienone is 2. The van der Waals surface area contributed by atoms with Crippen LogP contribution in [0.3, 0.4) is 0 Å². The van der Waals surface area contributed by atoms with E-state index >= 15 is 0 Å². The molecule has 0 nitrogen and oxygen atoms in total. The van der Waals surface area contributed by atoms with Gasteiger partial charge in [-0.15, -0.1) is 0 Å². The van der Waals surface area contributed by atoms with Gasteiger partial charge in [0, 0.05) is 0 Å². The van der Waals surface area contributed by atoms with E-state index in [1.54, 1.807) is 0 Å². The van der Waals surface area contributed by atoms with E-state index in [9.17, 15) is 0 Å². The van der Waals surface area contributed by atoms with E-state index in [-0.39, 0.29) is 0 Å². The van der Waals surface area contributed by atoms with Crippen LogP contribution in [-0.4, -0.2) is 15.7 Å². The van der Waals surface area contributed by atoms with E-state index in [0.717, 1.165) is 27.6 Å². The van der Waals surface area contributed by atoms with E-state index in [4.69, 9.17) is 15.7 Å². The Hall–Kier alpha value is -1.95. The van der Waals surface area contributed by atoms with Gasteiger partial charge in [0.2, 0.25) is 0 Å². The maximum atomic E-state index is 5.65. The van der Waals surface area contributed by atoms with Gasteiger partial charge in [-0.1, -0.05) is 78.2 Å². The summed E-state index contributed by atoms with van der Waals surface area (Å²) in [5.41, 5.74) is 4.64. The summed E-state index contributed by atoms with van der Waals surface area (Å²) >= 11 is 0. The van der Waals surface area contributed by atoms with Crippen LogP contribution in [-0.2, 0) is 0 Å². The van der Waals surface area contributed by atoms with Crippen molar-refractivity contribution >= 4 is 38.3 Å². The van der Waals surface area contributed by atoms with Gasteiger partial charge < -0.3 is 0 Å². The van der Waals surface area contributed by atoms with Crippen LogP contribution in [0.15, 0.2) is 61.2 Å². The third kappa shape index (κ3) is 3.27. The van der Waals surface area contributed by atoms with Crippen LogP contribution in [0.2, 0.25) is 0 Å². The molecular weight excluding hydrogens is 214 g/mol. The highest BCUT2D eigenvalue weighted by atomic mass is 14.0. The summed E-state index contributed by atoms with van der Waals surface area (Å²) in [6.07, 6.45) is 4.00. The lowest BCUT2D eigenvalue weighted by molar-refractivity contribution is 1.66. The van der Waals surface area contributed by atoms with Crippen molar-refractivity contribution in [3.63, 3.8) is 0 Å². The molecule has 2 aromatic carbocycles. The average molecular weight is 226 g/mol. The minimum atomic E-state index is 0.758. The Bertz CT molecular complexity index is 563. The second-order valence-corrected chi connectivity index (χ2v) is 4.15. The molecule has 0 aliphatic heterocycles. The molecule has 4 radical (unpaired) electrons. The minimum absolute atomic E-state index is 0.758. The van der Waals surface area contributed by atoms with Crippen LogP contribution in [0.25, 0.3) is 11.6 Å².